The minimum atomic E-state index is -3.01. The molecular formula is C14H16F2O4. The van der Waals surface area contributed by atoms with Crippen LogP contribution < -0.4 is 0 Å². The highest BCUT2D eigenvalue weighted by Gasteiger charge is 2.68. The molecule has 0 aromatic heterocycles. The van der Waals surface area contributed by atoms with Gasteiger partial charge >= 0.3 is 5.92 Å². The number of hydrogen-bond donors (Lipinski definition) is 1. The molecule has 3 heterocycles. The van der Waals surface area contributed by atoms with Gasteiger partial charge < -0.3 is 19.3 Å². The Morgan fingerprint density at radius 2 is 1.95 bits per heavy atom. The fourth-order valence-electron chi connectivity index (χ4n) is 2.58. The van der Waals surface area contributed by atoms with Crippen molar-refractivity contribution in [2.45, 2.75) is 31.0 Å². The number of benzene rings is 1. The van der Waals surface area contributed by atoms with Crippen molar-refractivity contribution in [1.82, 2.24) is 0 Å². The van der Waals surface area contributed by atoms with Crippen LogP contribution in [0.25, 0.3) is 0 Å². The molecule has 4 atom stereocenters. The maximum absolute atomic E-state index is 13.4. The van der Waals surface area contributed by atoms with Gasteiger partial charge in [-0.05, 0) is 5.56 Å². The Bertz CT molecular complexity index is 454. The van der Waals surface area contributed by atoms with Crippen LogP contribution in [0, 0.1) is 5.92 Å². The van der Waals surface area contributed by atoms with Crippen molar-refractivity contribution >= 4 is 0 Å². The molecule has 110 valence electrons. The van der Waals surface area contributed by atoms with Gasteiger partial charge in [-0.2, -0.15) is 8.78 Å². The molecule has 1 aromatic carbocycles. The second-order valence-electron chi connectivity index (χ2n) is 5.08. The molecule has 0 aliphatic carbocycles. The van der Waals surface area contributed by atoms with Crippen LogP contribution in [0.4, 0.5) is 8.78 Å². The molecule has 1 aromatic rings. The van der Waals surface area contributed by atoms with Crippen molar-refractivity contribution in [2.24, 2.45) is 5.92 Å². The topological polar surface area (TPSA) is 47.9 Å². The predicted octanol–water partition coefficient (Wildman–Crippen LogP) is 1.57. The SMILES string of the molecule is OC[C@H]1[C@H]2O[C@@H](O[C@@H]1COCc1ccccc1)C2(F)F. The average molecular weight is 286 g/mol. The Labute approximate surface area is 115 Å². The highest BCUT2D eigenvalue weighted by molar-refractivity contribution is 5.13. The Kier molecular flexibility index (Phi) is 3.72. The summed E-state index contributed by atoms with van der Waals surface area (Å²) in [5.74, 6) is -3.77. The zero-order valence-corrected chi connectivity index (χ0v) is 10.7. The summed E-state index contributed by atoms with van der Waals surface area (Å²) in [6.07, 6.45) is -3.33. The summed E-state index contributed by atoms with van der Waals surface area (Å²) in [5, 5.41) is 9.26. The number of alkyl halides is 2. The van der Waals surface area contributed by atoms with Gasteiger partial charge in [-0.1, -0.05) is 30.3 Å². The first-order valence-corrected chi connectivity index (χ1v) is 6.54. The third-order valence-electron chi connectivity index (χ3n) is 3.73. The van der Waals surface area contributed by atoms with Gasteiger partial charge in [-0.15, -0.1) is 0 Å². The lowest BCUT2D eigenvalue weighted by Crippen LogP contribution is -2.72. The highest BCUT2D eigenvalue weighted by Crippen LogP contribution is 2.49. The minimum Gasteiger partial charge on any atom is -0.396 e. The van der Waals surface area contributed by atoms with Crippen LogP contribution in [0.5, 0.6) is 0 Å². The molecule has 1 N–H and O–H groups in total. The normalized spacial score (nSPS) is 34.5. The first kappa shape index (κ1) is 13.9. The van der Waals surface area contributed by atoms with E-state index in [1.54, 1.807) is 0 Å². The standard InChI is InChI=1S/C14H16F2O4/c15-14(16)12-10(6-17)11(19-13(14)20-12)8-18-7-9-4-2-1-3-5-9/h1-5,10-13,17H,6-8H2/t10-,11-,12-,13-/m1/s1. The lowest BCUT2D eigenvalue weighted by atomic mass is 9.85. The summed E-state index contributed by atoms with van der Waals surface area (Å²) in [6.45, 7) is 0.129. The second-order valence-corrected chi connectivity index (χ2v) is 5.08. The van der Waals surface area contributed by atoms with Crippen LogP contribution >= 0.6 is 0 Å². The lowest BCUT2D eigenvalue weighted by molar-refractivity contribution is -0.461. The molecule has 3 aliphatic rings. The molecule has 3 fully saturated rings. The van der Waals surface area contributed by atoms with Crippen molar-refractivity contribution in [3.63, 3.8) is 0 Å². The van der Waals surface area contributed by atoms with E-state index < -0.39 is 36.9 Å². The monoisotopic (exact) mass is 286 g/mol. The lowest BCUT2D eigenvalue weighted by Gasteiger charge is -2.54. The Morgan fingerprint density at radius 3 is 2.60 bits per heavy atom. The molecule has 3 aliphatic heterocycles. The maximum Gasteiger partial charge on any atom is 0.323 e. The number of rotatable bonds is 5. The third-order valence-corrected chi connectivity index (χ3v) is 3.73. The summed E-state index contributed by atoms with van der Waals surface area (Å²) in [6, 6.07) is 9.54. The summed E-state index contributed by atoms with van der Waals surface area (Å²) in [5.41, 5.74) is 0.996. The van der Waals surface area contributed by atoms with Crippen molar-refractivity contribution in [3.8, 4) is 0 Å². The van der Waals surface area contributed by atoms with Crippen LogP contribution in [-0.4, -0.2) is 42.7 Å². The third kappa shape index (κ3) is 2.33. The second kappa shape index (κ2) is 5.37. The molecule has 3 saturated heterocycles. The molecule has 0 unspecified atom stereocenters. The largest absolute Gasteiger partial charge is 0.396 e. The van der Waals surface area contributed by atoms with E-state index in [0.717, 1.165) is 5.56 Å². The molecule has 4 nitrogen and oxygen atoms in total. The number of halogens is 2. The summed E-state index contributed by atoms with van der Waals surface area (Å²) >= 11 is 0. The van der Waals surface area contributed by atoms with Gasteiger partial charge in [0.1, 0.15) is 6.10 Å². The van der Waals surface area contributed by atoms with Crippen LogP contribution in [0.3, 0.4) is 0 Å². The minimum absolute atomic E-state index is 0.159. The molecule has 0 spiro atoms. The molecule has 20 heavy (non-hydrogen) atoms. The van der Waals surface area contributed by atoms with Gasteiger partial charge in [0.25, 0.3) is 0 Å². The summed E-state index contributed by atoms with van der Waals surface area (Å²) < 4.78 is 42.4. The molecular weight excluding hydrogens is 270 g/mol. The first-order valence-electron chi connectivity index (χ1n) is 6.54. The van der Waals surface area contributed by atoms with Gasteiger partial charge in [0.15, 0.2) is 0 Å². The van der Waals surface area contributed by atoms with E-state index in [9.17, 15) is 13.9 Å². The fraction of sp³-hybridized carbons (Fsp3) is 0.571. The highest BCUT2D eigenvalue weighted by atomic mass is 19.3. The first-order chi connectivity index (χ1) is 9.63. The Morgan fingerprint density at radius 1 is 1.20 bits per heavy atom. The average Bonchev–Trinajstić information content (AvgIpc) is 2.48. The van der Waals surface area contributed by atoms with Crippen LogP contribution in [0.1, 0.15) is 5.56 Å². The van der Waals surface area contributed by atoms with Gasteiger partial charge in [0.2, 0.25) is 6.29 Å². The zero-order chi connectivity index (χ0) is 14.2. The van der Waals surface area contributed by atoms with E-state index >= 15 is 0 Å². The smallest absolute Gasteiger partial charge is 0.323 e. The van der Waals surface area contributed by atoms with Gasteiger partial charge in [0, 0.05) is 5.92 Å². The molecule has 0 radical (unpaired) electrons. The van der Waals surface area contributed by atoms with E-state index in [1.165, 1.54) is 0 Å². The van der Waals surface area contributed by atoms with Gasteiger partial charge in [-0.3, -0.25) is 0 Å². The number of ether oxygens (including phenoxy) is 3. The van der Waals surface area contributed by atoms with Gasteiger partial charge in [-0.25, -0.2) is 0 Å². The fourth-order valence-corrected chi connectivity index (χ4v) is 2.58. The van der Waals surface area contributed by atoms with Gasteiger partial charge in [0.05, 0.1) is 25.9 Å². The van der Waals surface area contributed by atoms with Crippen molar-refractivity contribution in [2.75, 3.05) is 13.2 Å². The number of aliphatic hydroxyl groups is 1. The number of fused-ring (bicyclic) bond motifs is 2. The zero-order valence-electron chi connectivity index (χ0n) is 10.7. The Balaban J connectivity index is 1.53. The molecule has 0 amide bonds. The predicted molar refractivity (Wildman–Crippen MR) is 65.2 cm³/mol. The van der Waals surface area contributed by atoms with E-state index in [-0.39, 0.29) is 6.61 Å². The number of aliphatic hydroxyl groups excluding tert-OH is 1. The molecule has 6 heteroatoms. The van der Waals surface area contributed by atoms with Crippen LogP contribution in [0.2, 0.25) is 0 Å². The molecule has 4 rings (SSSR count). The van der Waals surface area contributed by atoms with Crippen molar-refractivity contribution in [3.05, 3.63) is 35.9 Å². The number of hydrogen-bond acceptors (Lipinski definition) is 4. The molecule has 0 saturated carbocycles. The van der Waals surface area contributed by atoms with Crippen LogP contribution in [-0.2, 0) is 20.8 Å². The quantitative estimate of drug-likeness (QED) is 0.892. The summed E-state index contributed by atoms with van der Waals surface area (Å²) in [7, 11) is 0. The maximum atomic E-state index is 13.4. The van der Waals surface area contributed by atoms with E-state index in [2.05, 4.69) is 0 Å². The Hall–Kier alpha value is -1.08. The van der Waals surface area contributed by atoms with E-state index in [4.69, 9.17) is 14.2 Å². The van der Waals surface area contributed by atoms with Crippen molar-refractivity contribution < 1.29 is 28.1 Å². The van der Waals surface area contributed by atoms with E-state index in [1.807, 2.05) is 30.3 Å². The van der Waals surface area contributed by atoms with Crippen molar-refractivity contribution in [1.29, 1.82) is 0 Å². The summed E-state index contributed by atoms with van der Waals surface area (Å²) in [4.78, 5) is 0. The van der Waals surface area contributed by atoms with Crippen LogP contribution in [0.15, 0.2) is 30.3 Å². The van der Waals surface area contributed by atoms with E-state index in [0.29, 0.717) is 6.61 Å². The molecule has 2 bridgehead atoms.